The van der Waals surface area contributed by atoms with Crippen LogP contribution in [0.4, 0.5) is 0 Å². The Labute approximate surface area is 123 Å². The standard InChI is InChI=1S/C18H26N2/c1-2-3-12-20-14-17-11-7-8-13-19(17)15-18(20)16-9-5-4-6-10-16/h2,4-6,9-10,17-18H,1,3,7-8,11-15H2. The van der Waals surface area contributed by atoms with Gasteiger partial charge in [-0.25, -0.2) is 0 Å². The molecule has 2 fully saturated rings. The topological polar surface area (TPSA) is 6.48 Å². The van der Waals surface area contributed by atoms with Crippen molar-refractivity contribution in [2.75, 3.05) is 26.2 Å². The maximum atomic E-state index is 3.89. The van der Waals surface area contributed by atoms with E-state index in [0.29, 0.717) is 6.04 Å². The lowest BCUT2D eigenvalue weighted by atomic mass is 9.93. The molecule has 3 rings (SSSR count). The molecule has 0 aliphatic carbocycles. The van der Waals surface area contributed by atoms with Crippen LogP contribution in [0.15, 0.2) is 43.0 Å². The first-order valence-electron chi connectivity index (χ1n) is 8.02. The minimum absolute atomic E-state index is 0.561. The Balaban J connectivity index is 1.78. The lowest BCUT2D eigenvalue weighted by molar-refractivity contribution is 0.00891. The molecule has 20 heavy (non-hydrogen) atoms. The molecule has 2 aliphatic rings. The number of hydrogen-bond donors (Lipinski definition) is 0. The fourth-order valence-electron chi connectivity index (χ4n) is 3.74. The lowest BCUT2D eigenvalue weighted by Crippen LogP contribution is -2.56. The number of benzene rings is 1. The molecule has 0 saturated carbocycles. The van der Waals surface area contributed by atoms with E-state index in [9.17, 15) is 0 Å². The molecule has 2 unspecified atom stereocenters. The second kappa shape index (κ2) is 6.55. The Bertz CT molecular complexity index is 428. The monoisotopic (exact) mass is 270 g/mol. The van der Waals surface area contributed by atoms with Gasteiger partial charge in [0.25, 0.3) is 0 Å². The zero-order valence-corrected chi connectivity index (χ0v) is 12.4. The van der Waals surface area contributed by atoms with Crippen LogP contribution in [-0.4, -0.2) is 42.0 Å². The third-order valence-corrected chi connectivity index (χ3v) is 4.85. The first-order chi connectivity index (χ1) is 9.88. The van der Waals surface area contributed by atoms with Crippen LogP contribution < -0.4 is 0 Å². The third-order valence-electron chi connectivity index (χ3n) is 4.85. The summed E-state index contributed by atoms with van der Waals surface area (Å²) in [4.78, 5) is 5.41. The number of piperazine rings is 1. The van der Waals surface area contributed by atoms with Crippen molar-refractivity contribution in [3.63, 3.8) is 0 Å². The molecular weight excluding hydrogens is 244 g/mol. The van der Waals surface area contributed by atoms with Gasteiger partial charge in [-0.2, -0.15) is 0 Å². The Morgan fingerprint density at radius 1 is 1.15 bits per heavy atom. The summed E-state index contributed by atoms with van der Waals surface area (Å²) < 4.78 is 0. The maximum Gasteiger partial charge on any atom is 0.0476 e. The van der Waals surface area contributed by atoms with Crippen molar-refractivity contribution in [2.45, 2.75) is 37.8 Å². The first-order valence-corrected chi connectivity index (χ1v) is 8.02. The van der Waals surface area contributed by atoms with Gasteiger partial charge in [0.2, 0.25) is 0 Å². The van der Waals surface area contributed by atoms with Crippen molar-refractivity contribution in [3.8, 4) is 0 Å². The summed E-state index contributed by atoms with van der Waals surface area (Å²) in [6, 6.07) is 12.4. The quantitative estimate of drug-likeness (QED) is 0.773. The van der Waals surface area contributed by atoms with E-state index in [1.165, 1.54) is 44.5 Å². The normalized spacial score (nSPS) is 28.0. The SMILES string of the molecule is C=CCCN1CC2CCCCN2CC1c1ccccc1. The van der Waals surface area contributed by atoms with Crippen LogP contribution >= 0.6 is 0 Å². The van der Waals surface area contributed by atoms with Gasteiger partial charge in [-0.1, -0.05) is 42.8 Å². The summed E-state index contributed by atoms with van der Waals surface area (Å²) in [5.74, 6) is 0. The van der Waals surface area contributed by atoms with Crippen LogP contribution in [0, 0.1) is 0 Å². The van der Waals surface area contributed by atoms with Crippen molar-refractivity contribution in [2.24, 2.45) is 0 Å². The Morgan fingerprint density at radius 2 is 2.00 bits per heavy atom. The molecule has 0 aromatic heterocycles. The predicted octanol–water partition coefficient (Wildman–Crippen LogP) is 3.47. The van der Waals surface area contributed by atoms with Crippen LogP contribution in [0.5, 0.6) is 0 Å². The smallest absolute Gasteiger partial charge is 0.0476 e. The van der Waals surface area contributed by atoms with Crippen molar-refractivity contribution in [1.29, 1.82) is 0 Å². The number of piperidine rings is 1. The molecule has 2 heteroatoms. The van der Waals surface area contributed by atoms with Gasteiger partial charge < -0.3 is 0 Å². The number of nitrogens with zero attached hydrogens (tertiary/aromatic N) is 2. The van der Waals surface area contributed by atoms with Gasteiger partial charge in [-0.3, -0.25) is 9.80 Å². The van der Waals surface area contributed by atoms with Crippen molar-refractivity contribution >= 4 is 0 Å². The van der Waals surface area contributed by atoms with E-state index in [4.69, 9.17) is 0 Å². The summed E-state index contributed by atoms with van der Waals surface area (Å²) in [6.07, 6.45) is 7.31. The second-order valence-electron chi connectivity index (χ2n) is 6.14. The van der Waals surface area contributed by atoms with Gasteiger partial charge in [-0.15, -0.1) is 6.58 Å². The fourth-order valence-corrected chi connectivity index (χ4v) is 3.74. The highest BCUT2D eigenvalue weighted by atomic mass is 15.3. The van der Waals surface area contributed by atoms with Gasteiger partial charge in [0.15, 0.2) is 0 Å². The highest BCUT2D eigenvalue weighted by molar-refractivity contribution is 5.20. The minimum Gasteiger partial charge on any atom is -0.297 e. The van der Waals surface area contributed by atoms with E-state index in [1.54, 1.807) is 0 Å². The zero-order chi connectivity index (χ0) is 13.8. The van der Waals surface area contributed by atoms with E-state index in [0.717, 1.165) is 19.0 Å². The summed E-state index contributed by atoms with van der Waals surface area (Å²) in [7, 11) is 0. The van der Waals surface area contributed by atoms with Crippen molar-refractivity contribution in [1.82, 2.24) is 9.80 Å². The minimum atomic E-state index is 0.561. The molecule has 2 saturated heterocycles. The molecule has 0 bridgehead atoms. The molecule has 2 aliphatic heterocycles. The Morgan fingerprint density at radius 3 is 2.80 bits per heavy atom. The van der Waals surface area contributed by atoms with Gasteiger partial charge in [0, 0.05) is 31.7 Å². The average molecular weight is 270 g/mol. The van der Waals surface area contributed by atoms with Crippen LogP contribution in [0.3, 0.4) is 0 Å². The van der Waals surface area contributed by atoms with Gasteiger partial charge in [0.05, 0.1) is 0 Å². The second-order valence-corrected chi connectivity index (χ2v) is 6.14. The number of rotatable bonds is 4. The first kappa shape index (κ1) is 13.8. The molecule has 1 aromatic carbocycles. The van der Waals surface area contributed by atoms with Gasteiger partial charge in [-0.05, 0) is 31.4 Å². The highest BCUT2D eigenvalue weighted by Crippen LogP contribution is 2.31. The van der Waals surface area contributed by atoms with Crippen LogP contribution in [-0.2, 0) is 0 Å². The summed E-state index contributed by atoms with van der Waals surface area (Å²) in [5, 5.41) is 0. The summed E-state index contributed by atoms with van der Waals surface area (Å²) in [5.41, 5.74) is 1.47. The largest absolute Gasteiger partial charge is 0.297 e. The molecular formula is C18H26N2. The van der Waals surface area contributed by atoms with Crippen LogP contribution in [0.25, 0.3) is 0 Å². The van der Waals surface area contributed by atoms with E-state index in [2.05, 4.69) is 52.8 Å². The van der Waals surface area contributed by atoms with Gasteiger partial charge >= 0.3 is 0 Å². The van der Waals surface area contributed by atoms with E-state index < -0.39 is 0 Å². The molecule has 0 N–H and O–H groups in total. The number of hydrogen-bond acceptors (Lipinski definition) is 2. The maximum absolute atomic E-state index is 3.89. The average Bonchev–Trinajstić information content (AvgIpc) is 2.53. The zero-order valence-electron chi connectivity index (χ0n) is 12.4. The Hall–Kier alpha value is -1.12. The summed E-state index contributed by atoms with van der Waals surface area (Å²) >= 11 is 0. The van der Waals surface area contributed by atoms with E-state index in [-0.39, 0.29) is 0 Å². The van der Waals surface area contributed by atoms with Gasteiger partial charge in [0.1, 0.15) is 0 Å². The highest BCUT2D eigenvalue weighted by Gasteiger charge is 2.35. The lowest BCUT2D eigenvalue weighted by Gasteiger charge is -2.48. The molecule has 2 heterocycles. The molecule has 2 nitrogen and oxygen atoms in total. The van der Waals surface area contributed by atoms with Crippen LogP contribution in [0.2, 0.25) is 0 Å². The third kappa shape index (κ3) is 2.97. The van der Waals surface area contributed by atoms with E-state index >= 15 is 0 Å². The Kier molecular flexibility index (Phi) is 4.54. The molecule has 0 amide bonds. The molecule has 1 aromatic rings. The number of fused-ring (bicyclic) bond motifs is 1. The molecule has 0 radical (unpaired) electrons. The van der Waals surface area contributed by atoms with Crippen molar-refractivity contribution in [3.05, 3.63) is 48.6 Å². The molecule has 0 spiro atoms. The molecule has 108 valence electrons. The van der Waals surface area contributed by atoms with Crippen LogP contribution in [0.1, 0.15) is 37.3 Å². The predicted molar refractivity (Wildman–Crippen MR) is 84.8 cm³/mol. The van der Waals surface area contributed by atoms with E-state index in [1.807, 2.05) is 0 Å². The molecule has 2 atom stereocenters. The summed E-state index contributed by atoms with van der Waals surface area (Å²) in [6.45, 7) is 8.76. The fraction of sp³-hybridized carbons (Fsp3) is 0.556. The van der Waals surface area contributed by atoms with Crippen molar-refractivity contribution < 1.29 is 0 Å².